The number of cyclic esters (lactones) is 1. The molecular weight excluding hydrogens is 470 g/mol. The van der Waals surface area contributed by atoms with Crippen LogP contribution in [-0.2, 0) is 29.2 Å². The molecule has 186 valence electrons. The normalized spacial score (nSPS) is 16.7. The largest absolute Gasteiger partial charge is 0.507 e. The molecule has 0 aliphatic carbocycles. The molecule has 1 atom stereocenters. The van der Waals surface area contributed by atoms with Gasteiger partial charge in [0.15, 0.2) is 0 Å². The summed E-state index contributed by atoms with van der Waals surface area (Å²) in [6.45, 7) is 0.870. The summed E-state index contributed by atoms with van der Waals surface area (Å²) >= 11 is 0. The zero-order valence-electron chi connectivity index (χ0n) is 19.2. The Bertz CT molecular complexity index is 1300. The van der Waals surface area contributed by atoms with Gasteiger partial charge in [-0.1, -0.05) is 42.5 Å². The Labute approximate surface area is 206 Å². The summed E-state index contributed by atoms with van der Waals surface area (Å²) in [5.74, 6) is -1.53. The number of phenols is 1. The maximum Gasteiger partial charge on any atom is 0.328 e. The maximum absolute atomic E-state index is 13.6. The molecule has 2 aliphatic heterocycles. The lowest BCUT2D eigenvalue weighted by Crippen LogP contribution is -2.27. The van der Waals surface area contributed by atoms with Crippen molar-refractivity contribution in [2.24, 2.45) is 0 Å². The van der Waals surface area contributed by atoms with E-state index < -0.39 is 29.7 Å². The Kier molecular flexibility index (Phi) is 6.45. The van der Waals surface area contributed by atoms with Crippen LogP contribution >= 0.6 is 0 Å². The van der Waals surface area contributed by atoms with E-state index >= 15 is 0 Å². The van der Waals surface area contributed by atoms with Crippen LogP contribution in [0.5, 0.6) is 11.5 Å². The van der Waals surface area contributed by atoms with Crippen molar-refractivity contribution in [1.82, 2.24) is 4.90 Å². The van der Waals surface area contributed by atoms with Crippen LogP contribution in [0.1, 0.15) is 45.5 Å². The molecule has 0 bridgehead atoms. The van der Waals surface area contributed by atoms with Gasteiger partial charge in [0.25, 0.3) is 12.3 Å². The minimum absolute atomic E-state index is 0.0407. The number of amides is 1. The van der Waals surface area contributed by atoms with Crippen molar-refractivity contribution in [1.29, 1.82) is 0 Å². The highest BCUT2D eigenvalue weighted by Gasteiger charge is 2.33. The Morgan fingerprint density at radius 1 is 1.14 bits per heavy atom. The van der Waals surface area contributed by atoms with Crippen LogP contribution in [0.4, 0.5) is 14.5 Å². The lowest BCUT2D eigenvalue weighted by molar-refractivity contribution is -0.138. The summed E-state index contributed by atoms with van der Waals surface area (Å²) < 4.78 is 37.7. The van der Waals surface area contributed by atoms with Crippen LogP contribution in [0.3, 0.4) is 0 Å². The first-order valence-corrected chi connectivity index (χ1v) is 11.6. The highest BCUT2D eigenvalue weighted by Crippen LogP contribution is 2.38. The number of aromatic hydroxyl groups is 1. The third kappa shape index (κ3) is 4.68. The second-order valence-electron chi connectivity index (χ2n) is 8.75. The first-order chi connectivity index (χ1) is 17.4. The zero-order valence-corrected chi connectivity index (χ0v) is 19.2. The SMILES string of the molecule is O=C1OCCC1Nc1cccc2c1CN(C(=O)c1c(O)cc(C(F)F)cc1OCc1ccccc1)C2. The van der Waals surface area contributed by atoms with E-state index in [1.165, 1.54) is 4.90 Å². The third-order valence-electron chi connectivity index (χ3n) is 6.34. The molecule has 3 aromatic carbocycles. The molecule has 9 heteroatoms. The van der Waals surface area contributed by atoms with Crippen LogP contribution < -0.4 is 10.1 Å². The Balaban J connectivity index is 1.41. The van der Waals surface area contributed by atoms with E-state index in [0.717, 1.165) is 34.5 Å². The lowest BCUT2D eigenvalue weighted by Gasteiger charge is -2.20. The number of esters is 1. The molecule has 0 spiro atoms. The van der Waals surface area contributed by atoms with Gasteiger partial charge in [-0.05, 0) is 34.9 Å². The maximum atomic E-state index is 13.6. The fourth-order valence-corrected chi connectivity index (χ4v) is 4.49. The Morgan fingerprint density at radius 3 is 2.67 bits per heavy atom. The second kappa shape index (κ2) is 9.85. The lowest BCUT2D eigenvalue weighted by atomic mass is 10.1. The number of carbonyl (C=O) groups is 2. The number of hydrogen-bond donors (Lipinski definition) is 2. The molecular formula is C27H24F2N2O5. The molecule has 0 radical (unpaired) electrons. The van der Waals surface area contributed by atoms with E-state index in [0.29, 0.717) is 13.0 Å². The molecule has 1 saturated heterocycles. The topological polar surface area (TPSA) is 88.1 Å². The van der Waals surface area contributed by atoms with Crippen molar-refractivity contribution in [2.45, 2.75) is 38.6 Å². The van der Waals surface area contributed by atoms with Gasteiger partial charge in [0, 0.05) is 30.8 Å². The van der Waals surface area contributed by atoms with E-state index in [9.17, 15) is 23.5 Å². The van der Waals surface area contributed by atoms with Gasteiger partial charge in [-0.25, -0.2) is 13.6 Å². The molecule has 36 heavy (non-hydrogen) atoms. The fourth-order valence-electron chi connectivity index (χ4n) is 4.49. The number of rotatable bonds is 7. The van der Waals surface area contributed by atoms with E-state index in [-0.39, 0.29) is 37.0 Å². The molecule has 1 amide bonds. The van der Waals surface area contributed by atoms with Gasteiger partial charge in [-0.15, -0.1) is 0 Å². The van der Waals surface area contributed by atoms with Crippen LogP contribution in [0.15, 0.2) is 60.7 Å². The van der Waals surface area contributed by atoms with Crippen molar-refractivity contribution in [2.75, 3.05) is 11.9 Å². The Hall–Kier alpha value is -4.14. The number of nitrogens with zero attached hydrogens (tertiary/aromatic N) is 1. The number of nitrogens with one attached hydrogen (secondary N) is 1. The van der Waals surface area contributed by atoms with Crippen molar-refractivity contribution in [3.63, 3.8) is 0 Å². The molecule has 5 rings (SSSR count). The third-order valence-corrected chi connectivity index (χ3v) is 6.34. The molecule has 2 aliphatic rings. The first-order valence-electron chi connectivity index (χ1n) is 11.6. The van der Waals surface area contributed by atoms with Crippen LogP contribution in [0.2, 0.25) is 0 Å². The predicted octanol–water partition coefficient (Wildman–Crippen LogP) is 4.79. The highest BCUT2D eigenvalue weighted by molar-refractivity contribution is 6.00. The summed E-state index contributed by atoms with van der Waals surface area (Å²) in [5, 5.41) is 13.8. The number of ether oxygens (including phenoxy) is 2. The minimum Gasteiger partial charge on any atom is -0.507 e. The molecule has 2 heterocycles. The number of anilines is 1. The number of fused-ring (bicyclic) bond motifs is 1. The van der Waals surface area contributed by atoms with Gasteiger partial charge in [0.05, 0.1) is 6.61 Å². The smallest absolute Gasteiger partial charge is 0.328 e. The minimum atomic E-state index is -2.84. The van der Waals surface area contributed by atoms with Crippen LogP contribution in [0.25, 0.3) is 0 Å². The van der Waals surface area contributed by atoms with Crippen molar-refractivity contribution in [3.05, 3.63) is 88.5 Å². The van der Waals surface area contributed by atoms with Gasteiger partial charge >= 0.3 is 5.97 Å². The van der Waals surface area contributed by atoms with E-state index in [4.69, 9.17) is 9.47 Å². The summed E-state index contributed by atoms with van der Waals surface area (Å²) in [6.07, 6.45) is -2.29. The van der Waals surface area contributed by atoms with Gasteiger partial charge in [0.1, 0.15) is 29.7 Å². The van der Waals surface area contributed by atoms with Crippen molar-refractivity contribution < 1.29 is 33.0 Å². The second-order valence-corrected chi connectivity index (χ2v) is 8.75. The summed E-state index contributed by atoms with van der Waals surface area (Å²) in [6, 6.07) is 16.2. The number of hydrogen-bond acceptors (Lipinski definition) is 6. The van der Waals surface area contributed by atoms with Gasteiger partial charge in [-0.2, -0.15) is 0 Å². The molecule has 3 aromatic rings. The van der Waals surface area contributed by atoms with E-state index in [1.54, 1.807) is 0 Å². The van der Waals surface area contributed by atoms with Gasteiger partial charge in [0.2, 0.25) is 0 Å². The number of halogens is 2. The molecule has 0 aromatic heterocycles. The number of alkyl halides is 2. The average Bonchev–Trinajstić information content (AvgIpc) is 3.49. The standard InChI is InChI=1S/C27H24F2N2O5/c28-25(29)18-11-22(32)24(23(12-18)36-15-16-5-2-1-3-6-16)26(33)31-13-17-7-4-8-20(19(17)14-31)30-21-9-10-35-27(21)34/h1-8,11-12,21,25,30,32H,9-10,13-15H2. The average molecular weight is 494 g/mol. The van der Waals surface area contributed by atoms with Gasteiger partial charge in [-0.3, -0.25) is 4.79 Å². The van der Waals surface area contributed by atoms with Crippen molar-refractivity contribution >= 4 is 17.6 Å². The summed E-state index contributed by atoms with van der Waals surface area (Å²) in [7, 11) is 0. The summed E-state index contributed by atoms with van der Waals surface area (Å²) in [4.78, 5) is 27.0. The fraction of sp³-hybridized carbons (Fsp3) is 0.259. The van der Waals surface area contributed by atoms with Crippen LogP contribution in [-0.4, -0.2) is 34.5 Å². The zero-order chi connectivity index (χ0) is 25.2. The molecule has 2 N–H and O–H groups in total. The quantitative estimate of drug-likeness (QED) is 0.459. The number of carbonyl (C=O) groups excluding carboxylic acids is 2. The predicted molar refractivity (Wildman–Crippen MR) is 127 cm³/mol. The number of phenolic OH excluding ortho intramolecular Hbond substituents is 1. The van der Waals surface area contributed by atoms with Crippen molar-refractivity contribution in [3.8, 4) is 11.5 Å². The molecule has 7 nitrogen and oxygen atoms in total. The van der Waals surface area contributed by atoms with E-state index in [2.05, 4.69) is 5.32 Å². The van der Waals surface area contributed by atoms with E-state index in [1.807, 2.05) is 48.5 Å². The monoisotopic (exact) mass is 494 g/mol. The highest BCUT2D eigenvalue weighted by atomic mass is 19.3. The summed E-state index contributed by atoms with van der Waals surface area (Å²) in [5.41, 5.74) is 2.64. The first kappa shape index (κ1) is 23.6. The number of benzene rings is 3. The molecule has 1 unspecified atom stereocenters. The molecule has 0 saturated carbocycles. The van der Waals surface area contributed by atoms with Gasteiger partial charge < -0.3 is 24.8 Å². The molecule has 1 fully saturated rings. The van der Waals surface area contributed by atoms with Crippen LogP contribution in [0, 0.1) is 0 Å². The Morgan fingerprint density at radius 2 is 1.94 bits per heavy atom.